The lowest BCUT2D eigenvalue weighted by atomic mass is 10.1. The maximum absolute atomic E-state index is 12.8. The summed E-state index contributed by atoms with van der Waals surface area (Å²) in [6, 6.07) is 2.44. The number of carbonyl (C=O) groups is 1. The molecule has 0 aliphatic heterocycles. The zero-order valence-corrected chi connectivity index (χ0v) is 6.94. The molecule has 0 aliphatic rings. The summed E-state index contributed by atoms with van der Waals surface area (Å²) in [5, 5.41) is 0. The van der Waals surface area contributed by atoms with Crippen LogP contribution >= 0.6 is 0 Å². The monoisotopic (exact) mass is 206 g/mol. The van der Waals surface area contributed by atoms with Crippen molar-refractivity contribution in [3.05, 3.63) is 35.1 Å². The fourth-order valence-electron chi connectivity index (χ4n) is 1.01. The molecular weight excluding hydrogens is 200 g/mol. The van der Waals surface area contributed by atoms with Gasteiger partial charge in [-0.15, -0.1) is 0 Å². The third-order valence-electron chi connectivity index (χ3n) is 1.66. The summed E-state index contributed by atoms with van der Waals surface area (Å²) in [7, 11) is 0. The Kier molecular flexibility index (Phi) is 2.88. The molecule has 0 heterocycles. The third-order valence-corrected chi connectivity index (χ3v) is 1.66. The quantitative estimate of drug-likeness (QED) is 0.537. The molecule has 1 aromatic rings. The molecule has 0 N–H and O–H groups in total. The van der Waals surface area contributed by atoms with Gasteiger partial charge in [0, 0.05) is 6.42 Å². The first-order valence-electron chi connectivity index (χ1n) is 3.74. The zero-order chi connectivity index (χ0) is 10.8. The summed E-state index contributed by atoms with van der Waals surface area (Å²) >= 11 is 0. The average Bonchev–Trinajstić information content (AvgIpc) is 2.02. The Morgan fingerprint density at radius 2 is 1.93 bits per heavy atom. The van der Waals surface area contributed by atoms with Crippen molar-refractivity contribution >= 4 is 6.29 Å². The van der Waals surface area contributed by atoms with Crippen molar-refractivity contribution in [2.24, 2.45) is 0 Å². The molecular formula is C9H6F4O. The number of alkyl halides is 3. The second kappa shape index (κ2) is 3.77. The molecule has 1 aromatic carbocycles. The normalized spacial score (nSPS) is 11.4. The highest BCUT2D eigenvalue weighted by atomic mass is 19.4. The molecule has 0 radical (unpaired) electrons. The maximum atomic E-state index is 12.8. The van der Waals surface area contributed by atoms with Crippen LogP contribution in [0.15, 0.2) is 18.2 Å². The number of hydrogen-bond donors (Lipinski definition) is 0. The molecule has 0 saturated heterocycles. The predicted molar refractivity (Wildman–Crippen MR) is 41.2 cm³/mol. The summed E-state index contributed by atoms with van der Waals surface area (Å²) in [5.74, 6) is -1.35. The lowest BCUT2D eigenvalue weighted by Gasteiger charge is -2.08. The summed E-state index contributed by atoms with van der Waals surface area (Å²) in [4.78, 5) is 10.0. The van der Waals surface area contributed by atoms with E-state index in [4.69, 9.17) is 0 Å². The van der Waals surface area contributed by atoms with E-state index in [9.17, 15) is 22.4 Å². The van der Waals surface area contributed by atoms with Crippen LogP contribution in [0.25, 0.3) is 0 Å². The maximum Gasteiger partial charge on any atom is 0.419 e. The van der Waals surface area contributed by atoms with Crippen LogP contribution in [0.5, 0.6) is 0 Å². The van der Waals surface area contributed by atoms with E-state index in [2.05, 4.69) is 0 Å². The van der Waals surface area contributed by atoms with E-state index in [-0.39, 0.29) is 12.0 Å². The van der Waals surface area contributed by atoms with Gasteiger partial charge in [-0.2, -0.15) is 13.2 Å². The zero-order valence-electron chi connectivity index (χ0n) is 6.94. The van der Waals surface area contributed by atoms with Crippen molar-refractivity contribution in [1.29, 1.82) is 0 Å². The predicted octanol–water partition coefficient (Wildman–Crippen LogP) is 2.59. The Bertz CT molecular complexity index is 343. The fraction of sp³-hybridized carbons (Fsp3) is 0.222. The third kappa shape index (κ3) is 2.31. The van der Waals surface area contributed by atoms with Gasteiger partial charge in [-0.3, -0.25) is 0 Å². The van der Waals surface area contributed by atoms with Crippen LogP contribution < -0.4 is 0 Å². The minimum absolute atomic E-state index is 0.0882. The van der Waals surface area contributed by atoms with Crippen LogP contribution in [-0.2, 0) is 17.4 Å². The molecule has 0 unspecified atom stereocenters. The van der Waals surface area contributed by atoms with Crippen molar-refractivity contribution in [3.63, 3.8) is 0 Å². The van der Waals surface area contributed by atoms with Crippen LogP contribution in [0, 0.1) is 5.82 Å². The molecule has 0 atom stereocenters. The molecule has 0 spiro atoms. The summed E-state index contributed by atoms with van der Waals surface area (Å²) in [5.41, 5.74) is -1.09. The van der Waals surface area contributed by atoms with Crippen molar-refractivity contribution in [3.8, 4) is 0 Å². The molecule has 0 fully saturated rings. The Labute approximate surface area is 77.3 Å². The van der Waals surface area contributed by atoms with Crippen molar-refractivity contribution in [1.82, 2.24) is 0 Å². The fourth-order valence-corrected chi connectivity index (χ4v) is 1.01. The van der Waals surface area contributed by atoms with Gasteiger partial charge < -0.3 is 4.79 Å². The standard InChI is InChI=1S/C9H6F4O/c10-8-5-6(3-4-14)1-2-7(8)9(11,12)13/h1-2,4-5H,3H2. The van der Waals surface area contributed by atoms with E-state index in [0.717, 1.165) is 12.1 Å². The number of hydrogen-bond acceptors (Lipinski definition) is 1. The minimum atomic E-state index is -4.69. The largest absolute Gasteiger partial charge is 0.419 e. The van der Waals surface area contributed by atoms with Crippen molar-refractivity contribution < 1.29 is 22.4 Å². The molecule has 0 aromatic heterocycles. The Hall–Kier alpha value is -1.39. The summed E-state index contributed by atoms with van der Waals surface area (Å²) in [6.07, 6.45) is -4.28. The van der Waals surface area contributed by atoms with Gasteiger partial charge in [0.05, 0.1) is 5.56 Å². The first-order valence-corrected chi connectivity index (χ1v) is 3.74. The molecule has 0 bridgehead atoms. The lowest BCUT2D eigenvalue weighted by molar-refractivity contribution is -0.140. The SMILES string of the molecule is O=CCc1ccc(C(F)(F)F)c(F)c1. The Morgan fingerprint density at radius 3 is 2.36 bits per heavy atom. The van der Waals surface area contributed by atoms with Crippen molar-refractivity contribution in [2.75, 3.05) is 0 Å². The van der Waals surface area contributed by atoms with E-state index < -0.39 is 17.6 Å². The molecule has 76 valence electrons. The van der Waals surface area contributed by atoms with Crippen LogP contribution in [0.1, 0.15) is 11.1 Å². The number of aldehydes is 1. The van der Waals surface area contributed by atoms with Gasteiger partial charge in [-0.25, -0.2) is 4.39 Å². The van der Waals surface area contributed by atoms with E-state index in [1.165, 1.54) is 0 Å². The van der Waals surface area contributed by atoms with Crippen LogP contribution in [0.3, 0.4) is 0 Å². The lowest BCUT2D eigenvalue weighted by Crippen LogP contribution is -2.08. The highest BCUT2D eigenvalue weighted by Gasteiger charge is 2.33. The van der Waals surface area contributed by atoms with E-state index in [1.54, 1.807) is 0 Å². The van der Waals surface area contributed by atoms with Gasteiger partial charge in [0.1, 0.15) is 12.1 Å². The average molecular weight is 206 g/mol. The Morgan fingerprint density at radius 1 is 1.29 bits per heavy atom. The molecule has 1 nitrogen and oxygen atoms in total. The number of carbonyl (C=O) groups excluding carboxylic acids is 1. The second-order valence-corrected chi connectivity index (χ2v) is 2.68. The van der Waals surface area contributed by atoms with E-state index in [0.29, 0.717) is 12.4 Å². The highest BCUT2D eigenvalue weighted by Crippen LogP contribution is 2.31. The van der Waals surface area contributed by atoms with E-state index in [1.807, 2.05) is 0 Å². The minimum Gasteiger partial charge on any atom is -0.303 e. The topological polar surface area (TPSA) is 17.1 Å². The van der Waals surface area contributed by atoms with Gasteiger partial charge in [0.25, 0.3) is 0 Å². The van der Waals surface area contributed by atoms with Gasteiger partial charge in [0.15, 0.2) is 0 Å². The van der Waals surface area contributed by atoms with Gasteiger partial charge >= 0.3 is 6.18 Å². The smallest absolute Gasteiger partial charge is 0.303 e. The summed E-state index contributed by atoms with van der Waals surface area (Å²) in [6.45, 7) is 0. The molecule has 14 heavy (non-hydrogen) atoms. The molecule has 0 amide bonds. The van der Waals surface area contributed by atoms with Crippen LogP contribution in [-0.4, -0.2) is 6.29 Å². The van der Waals surface area contributed by atoms with Gasteiger partial charge in [-0.1, -0.05) is 6.07 Å². The number of rotatable bonds is 2. The Balaban J connectivity index is 3.07. The first-order chi connectivity index (χ1) is 6.45. The summed E-state index contributed by atoms with van der Waals surface area (Å²) < 4.78 is 49.0. The number of benzene rings is 1. The van der Waals surface area contributed by atoms with Gasteiger partial charge in [-0.05, 0) is 17.7 Å². The van der Waals surface area contributed by atoms with Crippen molar-refractivity contribution in [2.45, 2.75) is 12.6 Å². The van der Waals surface area contributed by atoms with Gasteiger partial charge in [0.2, 0.25) is 0 Å². The van der Waals surface area contributed by atoms with E-state index >= 15 is 0 Å². The number of halogens is 4. The molecule has 0 saturated carbocycles. The van der Waals surface area contributed by atoms with Crippen LogP contribution in [0.2, 0.25) is 0 Å². The second-order valence-electron chi connectivity index (χ2n) is 2.68. The first kappa shape index (κ1) is 10.7. The molecule has 5 heteroatoms. The molecule has 1 rings (SSSR count). The van der Waals surface area contributed by atoms with Crippen LogP contribution in [0.4, 0.5) is 17.6 Å². The molecule has 0 aliphatic carbocycles. The highest BCUT2D eigenvalue weighted by molar-refractivity contribution is 5.55.